The zero-order chi connectivity index (χ0) is 33.7. The Labute approximate surface area is 294 Å². The van der Waals surface area contributed by atoms with Crippen LogP contribution < -0.4 is 0 Å². The molecule has 0 aliphatic carbocycles. The Morgan fingerprint density at radius 1 is 0.431 bits per heavy atom. The van der Waals surface area contributed by atoms with Gasteiger partial charge in [0.05, 0.1) is 27.9 Å². The molecular formula is C47H30N4. The number of nitrogens with zero attached hydrogens (tertiary/aromatic N) is 4. The van der Waals surface area contributed by atoms with Crippen LogP contribution in [0.4, 0.5) is 0 Å². The number of hydrogen-bond acceptors (Lipinski definition) is 3. The van der Waals surface area contributed by atoms with Crippen molar-refractivity contribution >= 4 is 43.5 Å². The van der Waals surface area contributed by atoms with Gasteiger partial charge in [-0.05, 0) is 58.0 Å². The number of pyridine rings is 2. The third-order valence-electron chi connectivity index (χ3n) is 9.86. The molecular weight excluding hydrogens is 621 g/mol. The second kappa shape index (κ2) is 11.9. The molecule has 0 aliphatic heterocycles. The van der Waals surface area contributed by atoms with E-state index in [9.17, 15) is 0 Å². The number of benzene rings is 7. The first kappa shape index (κ1) is 29.0. The van der Waals surface area contributed by atoms with Crippen LogP contribution in [-0.4, -0.2) is 19.7 Å². The molecule has 238 valence electrons. The van der Waals surface area contributed by atoms with Crippen molar-refractivity contribution < 1.29 is 0 Å². The van der Waals surface area contributed by atoms with Crippen molar-refractivity contribution in [3.05, 3.63) is 182 Å². The summed E-state index contributed by atoms with van der Waals surface area (Å²) in [6.45, 7) is 0. The first-order chi connectivity index (χ1) is 25.3. The molecule has 0 atom stereocenters. The molecule has 3 heterocycles. The summed E-state index contributed by atoms with van der Waals surface area (Å²) in [5.74, 6) is 0. The summed E-state index contributed by atoms with van der Waals surface area (Å²) in [7, 11) is 0. The highest BCUT2D eigenvalue weighted by Crippen LogP contribution is 2.41. The standard InChI is InChI=1S/C47H30N4/c1-3-10-33(11-4-1)41-30-38-14-7-8-16-40(38)47-43(41)44(35-12-5-2-6-13-35)50-51(47)39-26-23-32(24-27-39)31-17-19-34(20-18-31)42-28-25-37-22-21-36-15-9-29-48-45(36)46(37)49-42/h1-30H. The Bertz CT molecular complexity index is 2880. The van der Waals surface area contributed by atoms with Gasteiger partial charge in [0.15, 0.2) is 0 Å². The highest BCUT2D eigenvalue weighted by molar-refractivity contribution is 6.17. The predicted molar refractivity (Wildman–Crippen MR) is 211 cm³/mol. The molecule has 0 saturated heterocycles. The van der Waals surface area contributed by atoms with E-state index >= 15 is 0 Å². The Hall–Kier alpha value is -6.91. The summed E-state index contributed by atoms with van der Waals surface area (Å²) in [5.41, 5.74) is 12.7. The number of aromatic nitrogens is 4. The monoisotopic (exact) mass is 650 g/mol. The molecule has 0 N–H and O–H groups in total. The Balaban J connectivity index is 1.07. The smallest absolute Gasteiger partial charge is 0.101 e. The summed E-state index contributed by atoms with van der Waals surface area (Å²) in [6.07, 6.45) is 1.83. The minimum Gasteiger partial charge on any atom is -0.254 e. The number of rotatable bonds is 5. The lowest BCUT2D eigenvalue weighted by molar-refractivity contribution is 0.918. The van der Waals surface area contributed by atoms with E-state index in [1.165, 1.54) is 21.9 Å². The van der Waals surface area contributed by atoms with Crippen molar-refractivity contribution in [2.45, 2.75) is 0 Å². The van der Waals surface area contributed by atoms with E-state index < -0.39 is 0 Å². The van der Waals surface area contributed by atoms with Crippen LogP contribution in [0.15, 0.2) is 182 Å². The van der Waals surface area contributed by atoms with Gasteiger partial charge in [0.2, 0.25) is 0 Å². The van der Waals surface area contributed by atoms with Gasteiger partial charge < -0.3 is 0 Å². The molecule has 0 spiro atoms. The molecule has 10 rings (SSSR count). The maximum Gasteiger partial charge on any atom is 0.101 e. The Morgan fingerprint density at radius 2 is 1.04 bits per heavy atom. The van der Waals surface area contributed by atoms with Gasteiger partial charge in [-0.15, -0.1) is 0 Å². The molecule has 0 saturated carbocycles. The van der Waals surface area contributed by atoms with Gasteiger partial charge in [-0.3, -0.25) is 4.98 Å². The summed E-state index contributed by atoms with van der Waals surface area (Å²) >= 11 is 0. The normalized spacial score (nSPS) is 11.5. The van der Waals surface area contributed by atoms with Crippen LogP contribution in [0.2, 0.25) is 0 Å². The molecule has 4 nitrogen and oxygen atoms in total. The van der Waals surface area contributed by atoms with Crippen molar-refractivity contribution in [2.24, 2.45) is 0 Å². The first-order valence-corrected chi connectivity index (χ1v) is 17.2. The van der Waals surface area contributed by atoms with Crippen LogP contribution in [0.5, 0.6) is 0 Å². The fraction of sp³-hybridized carbons (Fsp3) is 0. The van der Waals surface area contributed by atoms with E-state index in [1.807, 2.05) is 12.3 Å². The average Bonchev–Trinajstić information content (AvgIpc) is 3.62. The molecule has 0 aliphatic rings. The molecule has 0 radical (unpaired) electrons. The molecule has 0 unspecified atom stereocenters. The minimum atomic E-state index is 0.926. The molecule has 51 heavy (non-hydrogen) atoms. The zero-order valence-electron chi connectivity index (χ0n) is 27.6. The van der Waals surface area contributed by atoms with Crippen LogP contribution in [-0.2, 0) is 0 Å². The van der Waals surface area contributed by atoms with Crippen LogP contribution in [0.25, 0.3) is 93.9 Å². The molecule has 10 aromatic rings. The van der Waals surface area contributed by atoms with Crippen molar-refractivity contribution in [2.75, 3.05) is 0 Å². The maximum absolute atomic E-state index is 5.36. The van der Waals surface area contributed by atoms with Crippen LogP contribution in [0.3, 0.4) is 0 Å². The quantitative estimate of drug-likeness (QED) is 0.174. The summed E-state index contributed by atoms with van der Waals surface area (Å²) in [5, 5.41) is 11.1. The fourth-order valence-electron chi connectivity index (χ4n) is 7.33. The molecule has 3 aromatic heterocycles. The van der Waals surface area contributed by atoms with Crippen molar-refractivity contribution in [3.63, 3.8) is 0 Å². The lowest BCUT2D eigenvalue weighted by atomic mass is 9.94. The van der Waals surface area contributed by atoms with E-state index in [1.54, 1.807) is 0 Å². The number of hydrogen-bond donors (Lipinski definition) is 0. The first-order valence-electron chi connectivity index (χ1n) is 17.2. The zero-order valence-corrected chi connectivity index (χ0v) is 27.6. The molecule has 0 amide bonds. The largest absolute Gasteiger partial charge is 0.254 e. The molecule has 7 aromatic carbocycles. The van der Waals surface area contributed by atoms with Gasteiger partial charge in [-0.1, -0.05) is 146 Å². The average molecular weight is 651 g/mol. The Kier molecular flexibility index (Phi) is 6.78. The fourth-order valence-corrected chi connectivity index (χ4v) is 7.33. The summed E-state index contributed by atoms with van der Waals surface area (Å²) in [6, 6.07) is 62.0. The van der Waals surface area contributed by atoms with Gasteiger partial charge >= 0.3 is 0 Å². The van der Waals surface area contributed by atoms with E-state index in [-0.39, 0.29) is 0 Å². The Morgan fingerprint density at radius 3 is 1.80 bits per heavy atom. The maximum atomic E-state index is 5.36. The van der Waals surface area contributed by atoms with Crippen molar-refractivity contribution in [3.8, 4) is 50.5 Å². The molecule has 0 bridgehead atoms. The lowest BCUT2D eigenvalue weighted by Crippen LogP contribution is -1.97. The van der Waals surface area contributed by atoms with Gasteiger partial charge in [-0.2, -0.15) is 5.10 Å². The van der Waals surface area contributed by atoms with E-state index in [0.717, 1.165) is 72.0 Å². The topological polar surface area (TPSA) is 43.6 Å². The number of fused-ring (bicyclic) bond motifs is 6. The van der Waals surface area contributed by atoms with Crippen LogP contribution >= 0.6 is 0 Å². The van der Waals surface area contributed by atoms with Gasteiger partial charge in [0.1, 0.15) is 5.69 Å². The van der Waals surface area contributed by atoms with Crippen LogP contribution in [0, 0.1) is 0 Å². The second-order valence-corrected chi connectivity index (χ2v) is 12.9. The third kappa shape index (κ3) is 4.96. The van der Waals surface area contributed by atoms with Gasteiger partial charge in [-0.25, -0.2) is 9.67 Å². The van der Waals surface area contributed by atoms with Crippen LogP contribution in [0.1, 0.15) is 0 Å². The third-order valence-corrected chi connectivity index (χ3v) is 9.86. The molecule has 0 fully saturated rings. The minimum absolute atomic E-state index is 0.926. The molecule has 4 heteroatoms. The van der Waals surface area contributed by atoms with E-state index in [4.69, 9.17) is 10.1 Å². The highest BCUT2D eigenvalue weighted by atomic mass is 15.3. The van der Waals surface area contributed by atoms with E-state index in [2.05, 4.69) is 180 Å². The van der Waals surface area contributed by atoms with Crippen molar-refractivity contribution in [1.82, 2.24) is 19.7 Å². The summed E-state index contributed by atoms with van der Waals surface area (Å²) in [4.78, 5) is 9.67. The lowest BCUT2D eigenvalue weighted by Gasteiger charge is -2.11. The summed E-state index contributed by atoms with van der Waals surface area (Å²) < 4.78 is 2.13. The van der Waals surface area contributed by atoms with Gasteiger partial charge in [0, 0.05) is 38.9 Å². The highest BCUT2D eigenvalue weighted by Gasteiger charge is 2.21. The van der Waals surface area contributed by atoms with E-state index in [0.29, 0.717) is 0 Å². The van der Waals surface area contributed by atoms with Gasteiger partial charge in [0.25, 0.3) is 0 Å². The predicted octanol–water partition coefficient (Wildman–Crippen LogP) is 11.9. The SMILES string of the molecule is c1ccc(-c2cc3ccccc3c3c2c(-c2ccccc2)nn3-c2ccc(-c3ccc(-c4ccc5ccc6cccnc6c5n4)cc3)cc2)cc1. The van der Waals surface area contributed by atoms with Crippen molar-refractivity contribution in [1.29, 1.82) is 0 Å². The second-order valence-electron chi connectivity index (χ2n) is 12.9.